The lowest BCUT2D eigenvalue weighted by Crippen LogP contribution is -2.05. The van der Waals surface area contributed by atoms with Crippen molar-refractivity contribution in [2.45, 2.75) is 39.0 Å². The Morgan fingerprint density at radius 2 is 1.82 bits per heavy atom. The molecule has 0 fully saturated rings. The van der Waals surface area contributed by atoms with Gasteiger partial charge >= 0.3 is 5.97 Å². The smallest absolute Gasteiger partial charge is 0.310 e. The number of thiol groups is 1. The van der Waals surface area contributed by atoms with Gasteiger partial charge in [0.1, 0.15) is 5.82 Å². The molecule has 0 aliphatic heterocycles. The van der Waals surface area contributed by atoms with Crippen LogP contribution in [0.15, 0.2) is 23.1 Å². The number of hydrogen-bond acceptors (Lipinski definition) is 3. The van der Waals surface area contributed by atoms with E-state index >= 15 is 0 Å². The van der Waals surface area contributed by atoms with Crippen molar-refractivity contribution in [1.82, 2.24) is 0 Å². The highest BCUT2D eigenvalue weighted by molar-refractivity contribution is 7.80. The first kappa shape index (κ1) is 18.3. The van der Waals surface area contributed by atoms with E-state index in [2.05, 4.69) is 17.4 Å². The fourth-order valence-corrected chi connectivity index (χ4v) is 1.10. The average molecular weight is 260 g/mol. The summed E-state index contributed by atoms with van der Waals surface area (Å²) in [5.74, 6) is -0.885. The number of hydrogen-bond donors (Lipinski definition) is 1. The molecule has 0 aliphatic rings. The van der Waals surface area contributed by atoms with Crippen molar-refractivity contribution in [2.75, 3.05) is 7.11 Å². The van der Waals surface area contributed by atoms with E-state index in [1.165, 1.54) is 19.2 Å². The van der Waals surface area contributed by atoms with Crippen LogP contribution in [0.2, 0.25) is 0 Å². The van der Waals surface area contributed by atoms with E-state index in [9.17, 15) is 9.18 Å². The van der Waals surface area contributed by atoms with Gasteiger partial charge in [-0.3, -0.25) is 4.79 Å². The molecule has 0 aromatic heterocycles. The van der Waals surface area contributed by atoms with E-state index in [0.717, 1.165) is 0 Å². The maximum atomic E-state index is 13.1. The van der Waals surface area contributed by atoms with Crippen molar-refractivity contribution in [3.8, 4) is 0 Å². The number of methoxy groups -OCH3 is 1. The lowest BCUT2D eigenvalue weighted by Gasteiger charge is -2.01. The van der Waals surface area contributed by atoms with Gasteiger partial charge in [0, 0.05) is 4.90 Å². The average Bonchev–Trinajstić information content (AvgIpc) is 2.37. The van der Waals surface area contributed by atoms with Gasteiger partial charge in [-0.15, -0.1) is 12.6 Å². The fourth-order valence-electron chi connectivity index (χ4n) is 0.907. The van der Waals surface area contributed by atoms with E-state index in [4.69, 9.17) is 0 Å². The van der Waals surface area contributed by atoms with Gasteiger partial charge in [0.25, 0.3) is 0 Å². The summed E-state index contributed by atoms with van der Waals surface area (Å²) < 4.78 is 17.5. The minimum atomic E-state index is -0.453. The third-order valence-corrected chi connectivity index (χ3v) is 1.88. The maximum Gasteiger partial charge on any atom is 0.310 e. The summed E-state index contributed by atoms with van der Waals surface area (Å²) in [5, 5.41) is 0. The van der Waals surface area contributed by atoms with E-state index in [0.29, 0.717) is 10.5 Å². The number of benzene rings is 1. The van der Waals surface area contributed by atoms with Crippen LogP contribution in [-0.4, -0.2) is 13.1 Å². The first-order chi connectivity index (χ1) is 8.13. The molecule has 1 aromatic carbocycles. The SMILES string of the molecule is CC.CC.COC(=O)Cc1ccc(S)cc1F. The summed E-state index contributed by atoms with van der Waals surface area (Å²) in [6, 6.07) is 4.42. The zero-order chi connectivity index (χ0) is 13.8. The Morgan fingerprint density at radius 3 is 2.24 bits per heavy atom. The van der Waals surface area contributed by atoms with Gasteiger partial charge in [0.2, 0.25) is 0 Å². The number of rotatable bonds is 2. The Bertz CT molecular complexity index is 327. The second kappa shape index (κ2) is 11.5. The lowest BCUT2D eigenvalue weighted by molar-refractivity contribution is -0.139. The number of ether oxygens (including phenoxy) is 1. The zero-order valence-electron chi connectivity index (χ0n) is 11.1. The zero-order valence-corrected chi connectivity index (χ0v) is 12.0. The molecule has 0 amide bonds. The minimum Gasteiger partial charge on any atom is -0.469 e. The summed E-state index contributed by atoms with van der Waals surface area (Å²) in [5.41, 5.74) is 0.324. The minimum absolute atomic E-state index is 0.0452. The predicted octanol–water partition coefficient (Wildman–Crippen LogP) is 3.88. The molecule has 98 valence electrons. The van der Waals surface area contributed by atoms with Gasteiger partial charge in [-0.1, -0.05) is 33.8 Å². The molecule has 0 spiro atoms. The summed E-state index contributed by atoms with van der Waals surface area (Å²) in [7, 11) is 1.27. The molecule has 0 aliphatic carbocycles. The second-order valence-corrected chi connectivity index (χ2v) is 3.05. The Hall–Kier alpha value is -1.03. The number of carbonyl (C=O) groups excluding carboxylic acids is 1. The van der Waals surface area contributed by atoms with Crippen LogP contribution >= 0.6 is 12.6 Å². The molecule has 0 heterocycles. The van der Waals surface area contributed by atoms with Crippen LogP contribution in [0, 0.1) is 5.82 Å². The molecule has 0 saturated heterocycles. The first-order valence-corrected chi connectivity index (χ1v) is 6.12. The van der Waals surface area contributed by atoms with Gasteiger partial charge in [-0.05, 0) is 17.7 Å². The highest BCUT2D eigenvalue weighted by Gasteiger charge is 2.07. The number of carbonyl (C=O) groups is 1. The normalized spacial score (nSPS) is 8.18. The van der Waals surface area contributed by atoms with Crippen molar-refractivity contribution < 1.29 is 13.9 Å². The third-order valence-electron chi connectivity index (χ3n) is 1.60. The first-order valence-electron chi connectivity index (χ1n) is 5.67. The lowest BCUT2D eigenvalue weighted by atomic mass is 10.1. The summed E-state index contributed by atoms with van der Waals surface area (Å²) >= 11 is 3.96. The van der Waals surface area contributed by atoms with Gasteiger partial charge in [-0.25, -0.2) is 4.39 Å². The highest BCUT2D eigenvalue weighted by Crippen LogP contribution is 2.13. The molecule has 0 bridgehead atoms. The fraction of sp³-hybridized carbons (Fsp3) is 0.462. The van der Waals surface area contributed by atoms with Gasteiger partial charge in [-0.2, -0.15) is 0 Å². The van der Waals surface area contributed by atoms with Crippen LogP contribution in [0.3, 0.4) is 0 Å². The topological polar surface area (TPSA) is 26.3 Å². The van der Waals surface area contributed by atoms with Gasteiger partial charge in [0.15, 0.2) is 0 Å². The quantitative estimate of drug-likeness (QED) is 0.645. The Morgan fingerprint density at radius 1 is 1.29 bits per heavy atom. The third kappa shape index (κ3) is 7.80. The highest BCUT2D eigenvalue weighted by atomic mass is 32.1. The Labute approximate surface area is 109 Å². The predicted molar refractivity (Wildman–Crippen MR) is 72.1 cm³/mol. The number of esters is 1. The molecule has 4 heteroatoms. The molecule has 1 rings (SSSR count). The van der Waals surface area contributed by atoms with E-state index < -0.39 is 11.8 Å². The molecular weight excluding hydrogens is 239 g/mol. The van der Waals surface area contributed by atoms with Crippen LogP contribution in [0.25, 0.3) is 0 Å². The van der Waals surface area contributed by atoms with E-state index in [1.54, 1.807) is 6.07 Å². The molecule has 0 radical (unpaired) electrons. The standard InChI is InChI=1S/C9H9FO2S.2C2H6/c1-12-9(11)4-6-2-3-7(13)5-8(6)10;2*1-2/h2-3,5,13H,4H2,1H3;2*1-2H3. The summed E-state index contributed by atoms with van der Waals surface area (Å²) in [6.07, 6.45) is -0.0452. The Kier molecular flexibility index (Phi) is 12.4. The van der Waals surface area contributed by atoms with Crippen molar-refractivity contribution in [1.29, 1.82) is 0 Å². The molecule has 2 nitrogen and oxygen atoms in total. The molecule has 0 saturated carbocycles. The van der Waals surface area contributed by atoms with Crippen molar-refractivity contribution in [3.05, 3.63) is 29.6 Å². The largest absolute Gasteiger partial charge is 0.469 e. The molecule has 0 N–H and O–H groups in total. The Balaban J connectivity index is 0. The molecular formula is C13H21FO2S. The van der Waals surface area contributed by atoms with E-state index in [-0.39, 0.29) is 6.42 Å². The van der Waals surface area contributed by atoms with E-state index in [1.807, 2.05) is 27.7 Å². The monoisotopic (exact) mass is 260 g/mol. The molecule has 0 atom stereocenters. The van der Waals surface area contributed by atoms with Crippen LogP contribution in [-0.2, 0) is 16.0 Å². The maximum absolute atomic E-state index is 13.1. The second-order valence-electron chi connectivity index (χ2n) is 2.53. The number of halogens is 1. The van der Waals surface area contributed by atoms with Crippen LogP contribution in [0.5, 0.6) is 0 Å². The molecule has 0 unspecified atom stereocenters. The molecule has 1 aromatic rings. The molecule has 17 heavy (non-hydrogen) atoms. The van der Waals surface area contributed by atoms with Crippen LogP contribution in [0.1, 0.15) is 33.3 Å². The van der Waals surface area contributed by atoms with Crippen molar-refractivity contribution >= 4 is 18.6 Å². The van der Waals surface area contributed by atoms with Gasteiger partial charge < -0.3 is 4.74 Å². The van der Waals surface area contributed by atoms with Crippen LogP contribution < -0.4 is 0 Å². The van der Waals surface area contributed by atoms with Crippen LogP contribution in [0.4, 0.5) is 4.39 Å². The van der Waals surface area contributed by atoms with Gasteiger partial charge in [0.05, 0.1) is 13.5 Å². The summed E-state index contributed by atoms with van der Waals surface area (Å²) in [6.45, 7) is 8.00. The summed E-state index contributed by atoms with van der Waals surface area (Å²) in [4.78, 5) is 11.3. The van der Waals surface area contributed by atoms with Crippen molar-refractivity contribution in [3.63, 3.8) is 0 Å². The van der Waals surface area contributed by atoms with Crippen molar-refractivity contribution in [2.24, 2.45) is 0 Å².